The van der Waals surface area contributed by atoms with Gasteiger partial charge in [-0.3, -0.25) is 19.2 Å². The molecule has 722 valence electrons. The fourth-order valence-corrected chi connectivity index (χ4v) is 13.6. The summed E-state index contributed by atoms with van der Waals surface area (Å²) in [5.41, 5.74) is 10.5. The van der Waals surface area contributed by atoms with E-state index in [4.69, 9.17) is 137 Å². The van der Waals surface area contributed by atoms with E-state index in [-0.39, 0.29) is 89.1 Å². The Morgan fingerprint density at radius 1 is 0.382 bits per heavy atom. The maximum Gasteiger partial charge on any atom is 0.325 e. The first-order valence-electron chi connectivity index (χ1n) is 41.8. The predicted octanol–water partition coefficient (Wildman–Crippen LogP) is -3.31. The van der Waals surface area contributed by atoms with Gasteiger partial charge in [-0.25, -0.2) is 0 Å². The third-order valence-electron chi connectivity index (χ3n) is 22.7. The van der Waals surface area contributed by atoms with Gasteiger partial charge >= 0.3 is 53.7 Å². The lowest BCUT2D eigenvalue weighted by atomic mass is 9.90. The molecule has 0 aromatic rings. The van der Waals surface area contributed by atoms with Crippen LogP contribution in [-0.2, 0) is 119 Å². The molecule has 2 unspecified atom stereocenters. The molecule has 12 bridgehead atoms. The Morgan fingerprint density at radius 2 is 0.691 bits per heavy atom. The molecule has 0 saturated carbocycles. The zero-order valence-electron chi connectivity index (χ0n) is 75.0. The summed E-state index contributed by atoms with van der Waals surface area (Å²) in [7, 11) is 11.8. The number of carbonyl (C=O) groups excluding carboxylic acids is 3. The topological polar surface area (TPSA) is 588 Å². The van der Waals surface area contributed by atoms with Gasteiger partial charge in [0.1, 0.15) is 67.3 Å². The summed E-state index contributed by atoms with van der Waals surface area (Å²) in [6, 6.07) is -5.44. The molecule has 0 aromatic carbocycles. The van der Waals surface area contributed by atoms with Gasteiger partial charge < -0.3 is 194 Å². The highest BCUT2D eigenvalue weighted by Gasteiger charge is 2.62. The van der Waals surface area contributed by atoms with Crippen LogP contribution in [0.15, 0.2) is 0 Å². The van der Waals surface area contributed by atoms with Crippen molar-refractivity contribution in [2.75, 3.05) is 208 Å². The largest absolute Gasteiger partial charge is 0.480 e. The molecule has 19 fully saturated rings. The molecule has 19 saturated heterocycles. The average Bonchev–Trinajstić information content (AvgIpc) is 0.770. The number of likely N-dealkylation sites (N-methyl/N-ethyl adjacent to an activating group) is 7. The molecule has 19 aliphatic heterocycles. The smallest absolute Gasteiger partial charge is 0.325 e. The number of ketones is 1. The number of fused-ring (bicyclic) bond motifs is 18. The van der Waals surface area contributed by atoms with Crippen molar-refractivity contribution >= 4 is 30.0 Å². The van der Waals surface area contributed by atoms with Gasteiger partial charge in [-0.05, 0) is 75.0 Å². The van der Waals surface area contributed by atoms with Crippen molar-refractivity contribution in [2.24, 2.45) is 49.4 Å². The Bertz CT molecular complexity index is 2950. The number of nitrogens with one attached hydrogen (secondary N) is 7. The molecule has 0 amide bonds. The number of aldehydes is 1. The third-order valence-corrected chi connectivity index (χ3v) is 22.7. The molecule has 43 nitrogen and oxygen atoms in total. The number of Topliss-reactive ketones (excluding diaryl/α,β-unsaturated/α-hetero) is 1. The number of carboxylic acids is 2. The number of ether oxygens (including phenoxy) is 20. The van der Waals surface area contributed by atoms with Gasteiger partial charge in [0.05, 0.1) is 176 Å². The second-order valence-electron chi connectivity index (χ2n) is 35.3. The van der Waals surface area contributed by atoms with Crippen molar-refractivity contribution in [1.29, 1.82) is 0 Å². The number of carboxylic acid groups (broad SMARTS) is 2. The second kappa shape index (κ2) is 49.0. The van der Waals surface area contributed by atoms with E-state index in [1.807, 2.05) is 55.4 Å². The highest BCUT2D eigenvalue weighted by molar-refractivity contribution is 5.84. The molecule has 19 heterocycles. The number of hydrogen-bond donors (Lipinski definition) is 18. The predicted molar refractivity (Wildman–Crippen MR) is 438 cm³/mol. The maximum atomic E-state index is 11.8. The van der Waals surface area contributed by atoms with Gasteiger partial charge in [0, 0.05) is 44.3 Å². The van der Waals surface area contributed by atoms with E-state index in [2.05, 4.69) is 58.0 Å². The summed E-state index contributed by atoms with van der Waals surface area (Å²) in [6.07, 6.45) is 0.648. The van der Waals surface area contributed by atoms with Gasteiger partial charge in [0.2, 0.25) is 0 Å². The van der Waals surface area contributed by atoms with Crippen LogP contribution >= 0.6 is 0 Å². The number of aliphatic hydroxyl groups is 7. The van der Waals surface area contributed by atoms with Crippen molar-refractivity contribution < 1.29 is 165 Å². The van der Waals surface area contributed by atoms with Crippen molar-refractivity contribution in [3.8, 4) is 0 Å². The van der Waals surface area contributed by atoms with Gasteiger partial charge in [-0.1, -0.05) is 90.5 Å². The SMILES string of the molecule is C.CCC(=O)[C@H](NC)C12OCC(C)(CO1)CO2.CC[C@@H](O)[C@H](NC)C12OCC(C)(CO1)CO2.CC[C@H](O)[C@H](N)C(=O)O.CC[C@H](O)[C@H](N)C12OCC(C)(CO1)CO2.CC[C@H](O)[C@H](NC)C12OCC(C)(CO1)CO2.CNC(CO)C(=O)O.CNC(CO)C(=O)OCC1(C)COC1.CN[C@@H](C=O)C12OCC(C)(CO1)CO2.CN[C@@H](CO)C12OCC(C)(CO1)CO2. The zero-order chi connectivity index (χ0) is 91.6. The first-order chi connectivity index (χ1) is 57.4. The fraction of sp³-hybridized carbons (Fsp3) is 0.938. The standard InChI is InChI=1S/2C11H21NO4.C11H19NO4.C10H19NO4.C9H17NO4.C9H15NO4.C9H17NO4.C5H11NO3.C4H9NO3.CH4/c3*1-4-8(13)9(12-3)11-14-5-10(2,6-15-11)7-16-11;1-3-7(12)8(11)10-13-4-9(2,5-14-10)6-15-10;2*1-8-4-12-9(13-5-8,14-6-8)7(3-11)10-2;1-9(4-13-5-9)6-14-8(12)7(3-11)10-2;1-2-3(7)4(6)5(8)9;1-5-3(2-6)4(7)8;/h2*8-9,12-13H,4-7H2,1-3H3;9,12H,4-7H2,1-3H3;7-8,12H,3-6,11H2,1-2H3;7,10-11H,3-6H2,1-2H3;3,7,10H,4-6H2,1-2H3;7,10-11H,3-6H2,1-2H3;3-4,7H,2,6H2,1H3,(H,8,9);3,5-6H,2H2,1H3,(H,7,8);1H4/t8-,9+,10?,11?;8-,9-,10?,11?;9-,10?,11?;7-,8-,9?,10?;2*7-,8?,9?;;3-,4-;;/m100000.0../s1. The van der Waals surface area contributed by atoms with E-state index in [0.717, 1.165) is 6.29 Å². The second-order valence-corrected chi connectivity index (χ2v) is 35.3. The lowest BCUT2D eigenvalue weighted by molar-refractivity contribution is -0.478. The van der Waals surface area contributed by atoms with Crippen molar-refractivity contribution in [3.63, 3.8) is 0 Å². The summed E-state index contributed by atoms with van der Waals surface area (Å²) in [4.78, 5) is 53.9. The minimum Gasteiger partial charge on any atom is -0.480 e. The molecule has 0 radical (unpaired) electrons. The molecular formula is C80H153N9O34. The Balaban J connectivity index is 0.000000292. The number of carbonyl (C=O) groups is 5. The molecule has 0 aromatic heterocycles. The fourth-order valence-electron chi connectivity index (χ4n) is 13.6. The van der Waals surface area contributed by atoms with E-state index in [1.54, 1.807) is 49.2 Å². The van der Waals surface area contributed by atoms with Gasteiger partial charge in [0.15, 0.2) is 5.78 Å². The van der Waals surface area contributed by atoms with Crippen LogP contribution in [0.4, 0.5) is 0 Å². The summed E-state index contributed by atoms with van der Waals surface area (Å²) in [6.45, 7) is 35.1. The monoisotopic (exact) mass is 1780 g/mol. The molecule has 123 heavy (non-hydrogen) atoms. The summed E-state index contributed by atoms with van der Waals surface area (Å²) in [5, 5.41) is 101. The lowest BCUT2D eigenvalue weighted by Gasteiger charge is -2.53. The van der Waals surface area contributed by atoms with Crippen molar-refractivity contribution in [2.45, 2.75) is 237 Å². The molecule has 19 rings (SSSR count). The third kappa shape index (κ3) is 28.7. The number of aliphatic carboxylic acids is 2. The highest BCUT2D eigenvalue weighted by Crippen LogP contribution is 2.46. The van der Waals surface area contributed by atoms with Crippen LogP contribution in [-0.4, -0.2) is 398 Å². The van der Waals surface area contributed by atoms with E-state index in [1.165, 1.54) is 7.05 Å². The van der Waals surface area contributed by atoms with Crippen LogP contribution in [0.2, 0.25) is 0 Å². The molecule has 43 heteroatoms. The summed E-state index contributed by atoms with van der Waals surface area (Å²) in [5.74, 6) is -9.51. The van der Waals surface area contributed by atoms with Crippen LogP contribution in [0.5, 0.6) is 0 Å². The quantitative estimate of drug-likeness (QED) is 0.0232. The van der Waals surface area contributed by atoms with Crippen LogP contribution in [0.25, 0.3) is 0 Å². The molecule has 19 aliphatic rings. The Morgan fingerprint density at radius 3 is 0.902 bits per heavy atom. The zero-order valence-corrected chi connectivity index (χ0v) is 75.0. The van der Waals surface area contributed by atoms with Gasteiger partial charge in [-0.15, -0.1) is 0 Å². The van der Waals surface area contributed by atoms with Crippen molar-refractivity contribution in [3.05, 3.63) is 0 Å². The Kier molecular flexibility index (Phi) is 44.5. The van der Waals surface area contributed by atoms with E-state index in [0.29, 0.717) is 171 Å². The molecule has 0 spiro atoms. The Labute approximate surface area is 723 Å². The molecule has 0 aliphatic carbocycles. The molecule has 20 N–H and O–H groups in total. The van der Waals surface area contributed by atoms with Crippen LogP contribution in [0.3, 0.4) is 0 Å². The lowest BCUT2D eigenvalue weighted by Crippen LogP contribution is -2.69. The minimum atomic E-state index is -1.23. The molecule has 13 atom stereocenters. The van der Waals surface area contributed by atoms with Crippen LogP contribution in [0.1, 0.15) is 123 Å². The summed E-state index contributed by atoms with van der Waals surface area (Å²) < 4.78 is 111. The first kappa shape index (κ1) is 112. The first-order valence-corrected chi connectivity index (χ1v) is 41.8. The van der Waals surface area contributed by atoms with Crippen molar-refractivity contribution in [1.82, 2.24) is 37.2 Å². The maximum absolute atomic E-state index is 11.8. The number of esters is 1. The molecular weight excluding hydrogens is 1630 g/mol. The summed E-state index contributed by atoms with van der Waals surface area (Å²) >= 11 is 0. The van der Waals surface area contributed by atoms with Gasteiger partial charge in [-0.2, -0.15) is 0 Å². The normalized spacial score (nSPS) is 35.9. The van der Waals surface area contributed by atoms with Crippen LogP contribution in [0, 0.1) is 37.9 Å². The Hall–Kier alpha value is -3.65. The number of rotatable bonds is 32. The number of aliphatic hydroxyl groups excluding tert-OH is 7. The highest BCUT2D eigenvalue weighted by atomic mass is 16.9. The van der Waals surface area contributed by atoms with E-state index in [9.17, 15) is 39.3 Å². The van der Waals surface area contributed by atoms with Gasteiger partial charge in [0.25, 0.3) is 0 Å². The number of nitrogens with two attached hydrogens (primary N) is 2. The number of hydrogen-bond acceptors (Lipinski definition) is 41. The minimum absolute atomic E-state index is 0. The average molecular weight is 1790 g/mol. The van der Waals surface area contributed by atoms with E-state index < -0.39 is 114 Å². The van der Waals surface area contributed by atoms with E-state index >= 15 is 0 Å². The van der Waals surface area contributed by atoms with Crippen LogP contribution < -0.4 is 48.7 Å².